The second kappa shape index (κ2) is 6.16. The Kier molecular flexibility index (Phi) is 5.14. The van der Waals surface area contributed by atoms with E-state index in [2.05, 4.69) is 0 Å². The maximum Gasteiger partial charge on any atom is 0.307 e. The Morgan fingerprint density at radius 2 is 2.18 bits per heavy atom. The molecule has 0 aromatic heterocycles. The Morgan fingerprint density at radius 3 is 2.76 bits per heavy atom. The van der Waals surface area contributed by atoms with Crippen molar-refractivity contribution >= 4 is 16.1 Å². The van der Waals surface area contributed by atoms with Crippen LogP contribution in [-0.2, 0) is 23.8 Å². The normalized spacial score (nSPS) is 23.6. The van der Waals surface area contributed by atoms with Crippen molar-refractivity contribution in [1.29, 1.82) is 0 Å². The van der Waals surface area contributed by atoms with Crippen LogP contribution in [0.4, 0.5) is 0 Å². The van der Waals surface area contributed by atoms with Crippen molar-refractivity contribution < 1.29 is 22.1 Å². The molecule has 0 amide bonds. The van der Waals surface area contributed by atoms with E-state index in [1.54, 1.807) is 0 Å². The fraction of sp³-hybridized carbons (Fsp3) is 0.727. The molecule has 0 aliphatic heterocycles. The molecular weight excluding hydrogens is 244 g/mol. The van der Waals surface area contributed by atoms with Crippen LogP contribution in [0.5, 0.6) is 0 Å². The highest BCUT2D eigenvalue weighted by molar-refractivity contribution is 7.85. The van der Waals surface area contributed by atoms with E-state index in [-0.39, 0.29) is 18.5 Å². The Morgan fingerprint density at radius 1 is 1.47 bits per heavy atom. The zero-order chi connectivity index (χ0) is 12.9. The lowest BCUT2D eigenvalue weighted by molar-refractivity contribution is -0.135. The quantitative estimate of drug-likeness (QED) is 0.437. The Bertz CT molecular complexity index is 396. The number of esters is 1. The highest BCUT2D eigenvalue weighted by atomic mass is 32.2. The van der Waals surface area contributed by atoms with E-state index in [1.165, 1.54) is 13.2 Å². The molecule has 1 aliphatic carbocycles. The standard InChI is InChI=1S/C11H18O5S/c1-9(12)15-7-10-5-3-4-6-11(10)8-16-17(2,13)14/h7,11H,3-6,8H2,1-2H3. The molecule has 0 saturated heterocycles. The van der Waals surface area contributed by atoms with Crippen LogP contribution in [-0.4, -0.2) is 27.2 Å². The van der Waals surface area contributed by atoms with Gasteiger partial charge < -0.3 is 4.74 Å². The summed E-state index contributed by atoms with van der Waals surface area (Å²) in [4.78, 5) is 10.7. The van der Waals surface area contributed by atoms with Gasteiger partial charge in [0.15, 0.2) is 0 Å². The second-order valence-corrected chi connectivity index (χ2v) is 5.88. The first kappa shape index (κ1) is 14.2. The van der Waals surface area contributed by atoms with Crippen LogP contribution in [0, 0.1) is 5.92 Å². The molecule has 1 rings (SSSR count). The third-order valence-electron chi connectivity index (χ3n) is 2.65. The average Bonchev–Trinajstić information content (AvgIpc) is 2.23. The second-order valence-electron chi connectivity index (χ2n) is 4.23. The van der Waals surface area contributed by atoms with E-state index in [9.17, 15) is 13.2 Å². The molecule has 17 heavy (non-hydrogen) atoms. The lowest BCUT2D eigenvalue weighted by Crippen LogP contribution is -2.19. The molecule has 0 spiro atoms. The van der Waals surface area contributed by atoms with Crippen LogP contribution in [0.15, 0.2) is 11.8 Å². The summed E-state index contributed by atoms with van der Waals surface area (Å²) >= 11 is 0. The van der Waals surface area contributed by atoms with Crippen LogP contribution < -0.4 is 0 Å². The minimum atomic E-state index is -3.41. The number of carbonyl (C=O) groups is 1. The first-order valence-electron chi connectivity index (χ1n) is 5.59. The van der Waals surface area contributed by atoms with Crippen LogP contribution >= 0.6 is 0 Å². The number of carbonyl (C=O) groups excluding carboxylic acids is 1. The van der Waals surface area contributed by atoms with Crippen molar-refractivity contribution in [2.45, 2.75) is 32.6 Å². The zero-order valence-corrected chi connectivity index (χ0v) is 11.0. The number of rotatable bonds is 4. The van der Waals surface area contributed by atoms with Gasteiger partial charge >= 0.3 is 5.97 Å². The van der Waals surface area contributed by atoms with Crippen molar-refractivity contribution in [3.05, 3.63) is 11.8 Å². The molecule has 98 valence electrons. The lowest BCUT2D eigenvalue weighted by Gasteiger charge is -2.24. The summed E-state index contributed by atoms with van der Waals surface area (Å²) in [6, 6.07) is 0. The fourth-order valence-corrected chi connectivity index (χ4v) is 2.23. The number of hydrogen-bond donors (Lipinski definition) is 0. The van der Waals surface area contributed by atoms with E-state index < -0.39 is 10.1 Å². The van der Waals surface area contributed by atoms with Crippen molar-refractivity contribution in [3.8, 4) is 0 Å². The minimum absolute atomic E-state index is 0.0258. The largest absolute Gasteiger partial charge is 0.435 e. The Balaban J connectivity index is 2.59. The van der Waals surface area contributed by atoms with Crippen LogP contribution in [0.1, 0.15) is 32.6 Å². The first-order chi connectivity index (χ1) is 7.88. The third-order valence-corrected chi connectivity index (χ3v) is 3.22. The summed E-state index contributed by atoms with van der Waals surface area (Å²) < 4.78 is 31.5. The summed E-state index contributed by atoms with van der Waals surface area (Å²) in [5, 5.41) is 0. The molecule has 0 aromatic rings. The lowest BCUT2D eigenvalue weighted by atomic mass is 9.85. The molecule has 6 heteroatoms. The van der Waals surface area contributed by atoms with Gasteiger partial charge in [0.1, 0.15) is 0 Å². The molecule has 0 bridgehead atoms. The molecule has 0 heterocycles. The number of hydrogen-bond acceptors (Lipinski definition) is 5. The van der Waals surface area contributed by atoms with Gasteiger partial charge in [-0.3, -0.25) is 8.98 Å². The van der Waals surface area contributed by atoms with Crippen molar-refractivity contribution in [2.24, 2.45) is 5.92 Å². The van der Waals surface area contributed by atoms with Gasteiger partial charge in [-0.2, -0.15) is 8.42 Å². The van der Waals surface area contributed by atoms with Gasteiger partial charge in [0.25, 0.3) is 10.1 Å². The topological polar surface area (TPSA) is 69.7 Å². The maximum absolute atomic E-state index is 10.9. The van der Waals surface area contributed by atoms with E-state index in [0.717, 1.165) is 37.5 Å². The minimum Gasteiger partial charge on any atom is -0.435 e. The van der Waals surface area contributed by atoms with E-state index in [4.69, 9.17) is 8.92 Å². The molecular formula is C11H18O5S. The highest BCUT2D eigenvalue weighted by Crippen LogP contribution is 2.29. The molecule has 0 N–H and O–H groups in total. The molecule has 5 nitrogen and oxygen atoms in total. The number of ether oxygens (including phenoxy) is 1. The summed E-state index contributed by atoms with van der Waals surface area (Å²) in [6.07, 6.45) is 6.23. The van der Waals surface area contributed by atoms with E-state index >= 15 is 0 Å². The third kappa shape index (κ3) is 5.83. The maximum atomic E-state index is 10.9. The van der Waals surface area contributed by atoms with E-state index in [0.29, 0.717) is 0 Å². The molecule has 1 atom stereocenters. The molecule has 1 saturated carbocycles. The molecule has 1 fully saturated rings. The van der Waals surface area contributed by atoms with E-state index in [1.807, 2.05) is 0 Å². The molecule has 1 unspecified atom stereocenters. The fourth-order valence-electron chi connectivity index (χ4n) is 1.82. The van der Waals surface area contributed by atoms with Gasteiger partial charge in [0, 0.05) is 12.8 Å². The summed E-state index contributed by atoms with van der Waals surface area (Å²) in [5.41, 5.74) is 0.954. The molecule has 1 aliphatic rings. The molecule has 0 radical (unpaired) electrons. The van der Waals surface area contributed by atoms with Crippen molar-refractivity contribution in [2.75, 3.05) is 12.9 Å². The van der Waals surface area contributed by atoms with Gasteiger partial charge in [0.05, 0.1) is 19.1 Å². The Hall–Kier alpha value is -0.880. The average molecular weight is 262 g/mol. The monoisotopic (exact) mass is 262 g/mol. The SMILES string of the molecule is CC(=O)OC=C1CCCCC1COS(C)(=O)=O. The van der Waals surface area contributed by atoms with Crippen LogP contribution in [0.2, 0.25) is 0 Å². The van der Waals surface area contributed by atoms with Gasteiger partial charge in [-0.15, -0.1) is 0 Å². The van der Waals surface area contributed by atoms with Gasteiger partial charge in [-0.05, 0) is 24.8 Å². The van der Waals surface area contributed by atoms with Gasteiger partial charge in [-0.25, -0.2) is 0 Å². The van der Waals surface area contributed by atoms with Gasteiger partial charge in [-0.1, -0.05) is 6.42 Å². The van der Waals surface area contributed by atoms with Crippen molar-refractivity contribution in [1.82, 2.24) is 0 Å². The van der Waals surface area contributed by atoms with Crippen molar-refractivity contribution in [3.63, 3.8) is 0 Å². The summed E-state index contributed by atoms with van der Waals surface area (Å²) in [7, 11) is -3.41. The Labute approximate surface area is 102 Å². The van der Waals surface area contributed by atoms with Crippen LogP contribution in [0.25, 0.3) is 0 Å². The van der Waals surface area contributed by atoms with Crippen LogP contribution in [0.3, 0.4) is 0 Å². The highest BCUT2D eigenvalue weighted by Gasteiger charge is 2.21. The zero-order valence-electron chi connectivity index (χ0n) is 10.1. The smallest absolute Gasteiger partial charge is 0.307 e. The summed E-state index contributed by atoms with van der Waals surface area (Å²) in [6.45, 7) is 1.47. The summed E-state index contributed by atoms with van der Waals surface area (Å²) in [5.74, 6) is -0.344. The van der Waals surface area contributed by atoms with Gasteiger partial charge in [0.2, 0.25) is 0 Å². The molecule has 0 aromatic carbocycles. The predicted octanol–water partition coefficient (Wildman–Crippen LogP) is 1.60. The predicted molar refractivity (Wildman–Crippen MR) is 62.6 cm³/mol. The first-order valence-corrected chi connectivity index (χ1v) is 7.40.